The summed E-state index contributed by atoms with van der Waals surface area (Å²) in [5.74, 6) is -1.61. The van der Waals surface area contributed by atoms with E-state index in [0.717, 1.165) is 0 Å². The Morgan fingerprint density at radius 3 is 2.52 bits per heavy atom. The van der Waals surface area contributed by atoms with Crippen molar-refractivity contribution in [3.05, 3.63) is 99.9 Å². The van der Waals surface area contributed by atoms with E-state index < -0.39 is 34.9 Å². The number of amides is 1. The van der Waals surface area contributed by atoms with Crippen LogP contribution in [0.3, 0.4) is 0 Å². The number of para-hydroxylation sites is 3. The second-order valence-corrected chi connectivity index (χ2v) is 8.37. The van der Waals surface area contributed by atoms with Gasteiger partial charge in [-0.3, -0.25) is 9.59 Å². The Morgan fingerprint density at radius 2 is 1.61 bits per heavy atom. The smallest absolute Gasteiger partial charge is 0.344 e. The predicted molar refractivity (Wildman–Crippen MR) is 117 cm³/mol. The van der Waals surface area contributed by atoms with Crippen molar-refractivity contribution in [2.45, 2.75) is 11.5 Å². The number of anilines is 1. The summed E-state index contributed by atoms with van der Waals surface area (Å²) in [6, 6.07) is 21.1. The molecule has 3 aromatic carbocycles. The van der Waals surface area contributed by atoms with Crippen molar-refractivity contribution in [2.24, 2.45) is 5.92 Å². The molecule has 0 fully saturated rings. The Morgan fingerprint density at radius 1 is 0.848 bits per heavy atom. The molecule has 160 valence electrons. The molecular weight excluding hydrogens is 422 g/mol. The normalized spacial score (nSPS) is 24.2. The van der Waals surface area contributed by atoms with Gasteiger partial charge in [-0.2, -0.15) is 0 Å². The Hall–Kier alpha value is -4.39. The Labute approximate surface area is 186 Å². The van der Waals surface area contributed by atoms with Crippen LogP contribution in [0, 0.1) is 5.92 Å². The molecule has 7 heteroatoms. The highest BCUT2D eigenvalue weighted by molar-refractivity contribution is 6.13. The SMILES string of the molecule is O=C1Oc2ccccc2[C@@H]2Oc3c(c(=O)oc4ccccc34)[C@]3(C(=O)Nc4ccccc43)[C@H]12. The van der Waals surface area contributed by atoms with Crippen LogP contribution in [0.5, 0.6) is 11.5 Å². The van der Waals surface area contributed by atoms with Gasteiger partial charge in [0.15, 0.2) is 0 Å². The molecule has 3 aliphatic rings. The van der Waals surface area contributed by atoms with Gasteiger partial charge in [0.25, 0.3) is 0 Å². The molecule has 7 rings (SSSR count). The Bertz CT molecular complexity index is 1590. The number of fused-ring (bicyclic) bond motifs is 10. The zero-order valence-corrected chi connectivity index (χ0v) is 17.0. The molecule has 0 unspecified atom stereocenters. The molecule has 3 aliphatic heterocycles. The Balaban J connectivity index is 1.67. The third-order valence-corrected chi connectivity index (χ3v) is 6.82. The minimum absolute atomic E-state index is 0.0150. The fourth-order valence-corrected chi connectivity index (χ4v) is 5.52. The molecule has 0 saturated heterocycles. The van der Waals surface area contributed by atoms with Crippen molar-refractivity contribution in [1.29, 1.82) is 0 Å². The number of carbonyl (C=O) groups is 2. The molecule has 33 heavy (non-hydrogen) atoms. The Kier molecular flexibility index (Phi) is 3.37. The van der Waals surface area contributed by atoms with E-state index in [1.54, 1.807) is 60.7 Å². The highest BCUT2D eigenvalue weighted by Crippen LogP contribution is 2.60. The second kappa shape index (κ2) is 6.10. The van der Waals surface area contributed by atoms with Crippen LogP contribution in [0.4, 0.5) is 5.69 Å². The lowest BCUT2D eigenvalue weighted by molar-refractivity contribution is -0.152. The monoisotopic (exact) mass is 437 g/mol. The zero-order chi connectivity index (χ0) is 22.3. The van der Waals surface area contributed by atoms with Gasteiger partial charge < -0.3 is 19.2 Å². The van der Waals surface area contributed by atoms with E-state index in [1.165, 1.54) is 0 Å². The van der Waals surface area contributed by atoms with Gasteiger partial charge >= 0.3 is 11.6 Å². The topological polar surface area (TPSA) is 94.8 Å². The first-order chi connectivity index (χ1) is 16.1. The van der Waals surface area contributed by atoms with E-state index in [4.69, 9.17) is 13.9 Å². The van der Waals surface area contributed by atoms with Gasteiger partial charge in [0, 0.05) is 11.3 Å². The number of ether oxygens (including phenoxy) is 2. The highest BCUT2D eigenvalue weighted by Gasteiger charge is 2.66. The third kappa shape index (κ3) is 2.11. The van der Waals surface area contributed by atoms with Crippen LogP contribution in [0.15, 0.2) is 82.0 Å². The van der Waals surface area contributed by atoms with E-state index in [0.29, 0.717) is 33.5 Å². The van der Waals surface area contributed by atoms with Crippen molar-refractivity contribution >= 4 is 28.5 Å². The van der Waals surface area contributed by atoms with Crippen molar-refractivity contribution in [1.82, 2.24) is 0 Å². The number of hydrogen-bond acceptors (Lipinski definition) is 6. The summed E-state index contributed by atoms with van der Waals surface area (Å²) in [5.41, 5.74) is -0.331. The van der Waals surface area contributed by atoms with E-state index in [9.17, 15) is 14.4 Å². The van der Waals surface area contributed by atoms with Crippen molar-refractivity contribution < 1.29 is 23.5 Å². The summed E-state index contributed by atoms with van der Waals surface area (Å²) in [6.45, 7) is 0. The average Bonchev–Trinajstić information content (AvgIpc) is 3.11. The summed E-state index contributed by atoms with van der Waals surface area (Å²) in [6.07, 6.45) is -0.836. The molecular formula is C26H15NO6. The molecule has 7 nitrogen and oxygen atoms in total. The molecule has 4 aromatic rings. The lowest BCUT2D eigenvalue weighted by Gasteiger charge is -2.45. The zero-order valence-electron chi connectivity index (χ0n) is 17.0. The standard InChI is InChI=1S/C26H15NO6/c28-23-19-21(13-7-1-5-11-17(13)31-23)33-22-14-8-2-6-12-18(14)32-24(29)20(22)26(19)15-9-3-4-10-16(15)27-25(26)30/h1-12,19,21H,(H,27,30)/t19-,21-,26+/m0/s1. The maximum atomic E-state index is 13.8. The average molecular weight is 437 g/mol. The van der Waals surface area contributed by atoms with Gasteiger partial charge in [0.05, 0.1) is 5.39 Å². The molecule has 0 radical (unpaired) electrons. The van der Waals surface area contributed by atoms with Crippen LogP contribution in [-0.2, 0) is 15.0 Å². The number of rotatable bonds is 0. The van der Waals surface area contributed by atoms with Crippen LogP contribution in [0.25, 0.3) is 11.0 Å². The summed E-state index contributed by atoms with van der Waals surface area (Å²) in [5, 5.41) is 3.42. The fraction of sp³-hybridized carbons (Fsp3) is 0.115. The number of carbonyl (C=O) groups excluding carboxylic acids is 2. The second-order valence-electron chi connectivity index (χ2n) is 8.37. The van der Waals surface area contributed by atoms with Crippen LogP contribution in [-0.4, -0.2) is 11.9 Å². The number of benzene rings is 3. The van der Waals surface area contributed by atoms with Crippen LogP contribution in [0.2, 0.25) is 0 Å². The molecule has 4 heterocycles. The molecule has 0 bridgehead atoms. The fourth-order valence-electron chi connectivity index (χ4n) is 5.52. The van der Waals surface area contributed by atoms with Crippen molar-refractivity contribution in [3.63, 3.8) is 0 Å². The van der Waals surface area contributed by atoms with Crippen molar-refractivity contribution in [3.8, 4) is 11.5 Å². The van der Waals surface area contributed by atoms with Crippen molar-refractivity contribution in [2.75, 3.05) is 5.32 Å². The first-order valence-electron chi connectivity index (χ1n) is 10.6. The first-order valence-corrected chi connectivity index (χ1v) is 10.6. The van der Waals surface area contributed by atoms with Gasteiger partial charge in [-0.25, -0.2) is 4.79 Å². The summed E-state index contributed by atoms with van der Waals surface area (Å²) in [7, 11) is 0. The van der Waals surface area contributed by atoms with E-state index in [1.807, 2.05) is 12.1 Å². The molecule has 1 N–H and O–H groups in total. The van der Waals surface area contributed by atoms with Gasteiger partial charge in [0.2, 0.25) is 5.91 Å². The van der Waals surface area contributed by atoms with Crippen LogP contribution in [0.1, 0.15) is 22.8 Å². The van der Waals surface area contributed by atoms with Gasteiger partial charge in [0.1, 0.15) is 40.1 Å². The summed E-state index contributed by atoms with van der Waals surface area (Å²) in [4.78, 5) is 40.7. The quantitative estimate of drug-likeness (QED) is 0.256. The lowest BCUT2D eigenvalue weighted by atomic mass is 9.61. The number of hydrogen-bond donors (Lipinski definition) is 1. The predicted octanol–water partition coefficient (Wildman–Crippen LogP) is 3.70. The molecule has 1 aromatic heterocycles. The van der Waals surface area contributed by atoms with Gasteiger partial charge in [-0.05, 0) is 29.8 Å². The highest BCUT2D eigenvalue weighted by atomic mass is 16.6. The summed E-state index contributed by atoms with van der Waals surface area (Å²) < 4.78 is 17.7. The van der Waals surface area contributed by atoms with E-state index in [-0.39, 0.29) is 11.3 Å². The lowest BCUT2D eigenvalue weighted by Crippen LogP contribution is -2.57. The maximum absolute atomic E-state index is 13.8. The maximum Gasteiger partial charge on any atom is 0.344 e. The molecule has 3 atom stereocenters. The number of nitrogens with one attached hydrogen (secondary N) is 1. The molecule has 1 spiro atoms. The number of esters is 1. The summed E-state index contributed by atoms with van der Waals surface area (Å²) >= 11 is 0. The van der Waals surface area contributed by atoms with E-state index in [2.05, 4.69) is 5.32 Å². The van der Waals surface area contributed by atoms with E-state index >= 15 is 0 Å². The first kappa shape index (κ1) is 18.2. The van der Waals surface area contributed by atoms with Gasteiger partial charge in [-0.1, -0.05) is 48.5 Å². The largest absolute Gasteiger partial charge is 0.483 e. The minimum atomic E-state index is -1.66. The molecule has 1 amide bonds. The minimum Gasteiger partial charge on any atom is -0.483 e. The van der Waals surface area contributed by atoms with Gasteiger partial charge in [-0.15, -0.1) is 0 Å². The molecule has 0 saturated carbocycles. The molecule has 0 aliphatic carbocycles. The van der Waals surface area contributed by atoms with Crippen LogP contribution >= 0.6 is 0 Å². The third-order valence-electron chi connectivity index (χ3n) is 6.82. The van der Waals surface area contributed by atoms with Crippen LogP contribution < -0.4 is 20.4 Å².